The topological polar surface area (TPSA) is 0 Å². The van der Waals surface area contributed by atoms with Crippen molar-refractivity contribution in [3.8, 4) is 11.1 Å². The molecule has 4 aromatic rings. The number of allylic oxidation sites excluding steroid dienone is 4. The van der Waals surface area contributed by atoms with Gasteiger partial charge in [0.1, 0.15) is 0 Å². The number of benzene rings is 4. The molecule has 1 unspecified atom stereocenters. The van der Waals surface area contributed by atoms with Crippen LogP contribution in [0.2, 0.25) is 0 Å². The molecule has 0 bridgehead atoms. The van der Waals surface area contributed by atoms with Crippen molar-refractivity contribution in [1.82, 2.24) is 0 Å². The molecule has 0 saturated heterocycles. The summed E-state index contributed by atoms with van der Waals surface area (Å²) in [6, 6.07) is 31.6. The van der Waals surface area contributed by atoms with Gasteiger partial charge in [-0.3, -0.25) is 6.08 Å². The van der Waals surface area contributed by atoms with Crippen molar-refractivity contribution in [2.24, 2.45) is 11.3 Å². The second-order valence-corrected chi connectivity index (χ2v) is 14.4. The molecule has 4 aromatic carbocycles. The first-order valence-corrected chi connectivity index (χ1v) is 17.5. The molecular formula is C43H46Zr. The predicted molar refractivity (Wildman–Crippen MR) is 185 cm³/mol. The van der Waals surface area contributed by atoms with Crippen LogP contribution in [0.1, 0.15) is 90.5 Å². The Bertz CT molecular complexity index is 1570. The van der Waals surface area contributed by atoms with Crippen LogP contribution in [-0.2, 0) is 30.7 Å². The SMILES string of the molecule is CC1[C-]=CC(C2(C)CCCCC2)=C1.Cc1[c-]c2c(cc1C)-c1cc(C)c(C)cc1C2.[Zr+2]=[C](c1ccccc1)c1ccccc1. The van der Waals surface area contributed by atoms with Crippen molar-refractivity contribution >= 4 is 3.21 Å². The van der Waals surface area contributed by atoms with Crippen LogP contribution in [0.4, 0.5) is 0 Å². The first-order chi connectivity index (χ1) is 21.1. The Labute approximate surface area is 281 Å². The van der Waals surface area contributed by atoms with Gasteiger partial charge < -0.3 is 0 Å². The zero-order valence-corrected chi connectivity index (χ0v) is 29.9. The summed E-state index contributed by atoms with van der Waals surface area (Å²) in [6.07, 6.45) is 16.1. The van der Waals surface area contributed by atoms with E-state index in [-0.39, 0.29) is 0 Å². The number of hydrogen-bond acceptors (Lipinski definition) is 0. The molecule has 0 aromatic heterocycles. The fourth-order valence-corrected chi connectivity index (χ4v) is 7.43. The molecule has 0 heterocycles. The van der Waals surface area contributed by atoms with Gasteiger partial charge in [0.2, 0.25) is 0 Å². The summed E-state index contributed by atoms with van der Waals surface area (Å²) in [5.41, 5.74) is 15.7. The van der Waals surface area contributed by atoms with Gasteiger partial charge in [-0.25, -0.2) is 6.08 Å². The van der Waals surface area contributed by atoms with Gasteiger partial charge >= 0.3 is 99.2 Å². The van der Waals surface area contributed by atoms with Gasteiger partial charge in [0.05, 0.1) is 0 Å². The fraction of sp³-hybridized carbons (Fsp3) is 0.326. The van der Waals surface area contributed by atoms with Crippen LogP contribution in [0.25, 0.3) is 11.1 Å². The molecule has 1 fully saturated rings. The average Bonchev–Trinajstić information content (AvgIpc) is 3.62. The molecule has 0 aliphatic heterocycles. The Morgan fingerprint density at radius 2 is 1.32 bits per heavy atom. The van der Waals surface area contributed by atoms with Crippen LogP contribution in [0, 0.1) is 51.2 Å². The molecule has 222 valence electrons. The van der Waals surface area contributed by atoms with E-state index in [1.165, 1.54) is 115 Å². The van der Waals surface area contributed by atoms with Crippen molar-refractivity contribution in [3.05, 3.63) is 153 Å². The summed E-state index contributed by atoms with van der Waals surface area (Å²) >= 11 is 1.46. The molecule has 0 radical (unpaired) electrons. The zero-order valence-electron chi connectivity index (χ0n) is 27.5. The predicted octanol–water partition coefficient (Wildman–Crippen LogP) is 11.0. The molecule has 1 heteroatoms. The minimum absolute atomic E-state index is 0.482. The van der Waals surface area contributed by atoms with E-state index in [0.29, 0.717) is 11.3 Å². The van der Waals surface area contributed by atoms with Gasteiger partial charge in [-0.1, -0.05) is 88.8 Å². The van der Waals surface area contributed by atoms with Crippen molar-refractivity contribution in [2.75, 3.05) is 0 Å². The van der Waals surface area contributed by atoms with Crippen molar-refractivity contribution in [1.29, 1.82) is 0 Å². The first kappa shape index (κ1) is 32.5. The van der Waals surface area contributed by atoms with Gasteiger partial charge in [-0.05, 0) is 37.0 Å². The van der Waals surface area contributed by atoms with Crippen molar-refractivity contribution in [3.63, 3.8) is 0 Å². The molecule has 0 spiro atoms. The van der Waals surface area contributed by atoms with E-state index < -0.39 is 0 Å². The second-order valence-electron chi connectivity index (χ2n) is 13.2. The van der Waals surface area contributed by atoms with Gasteiger partial charge in [0, 0.05) is 0 Å². The molecule has 44 heavy (non-hydrogen) atoms. The van der Waals surface area contributed by atoms with E-state index in [9.17, 15) is 0 Å². The Morgan fingerprint density at radius 1 is 0.750 bits per heavy atom. The number of hydrogen-bond donors (Lipinski definition) is 0. The summed E-state index contributed by atoms with van der Waals surface area (Å²) < 4.78 is 1.42. The maximum absolute atomic E-state index is 3.54. The van der Waals surface area contributed by atoms with Gasteiger partial charge in [0.25, 0.3) is 0 Å². The van der Waals surface area contributed by atoms with E-state index in [4.69, 9.17) is 0 Å². The maximum atomic E-state index is 3.54. The van der Waals surface area contributed by atoms with E-state index in [2.05, 4.69) is 145 Å². The third-order valence-corrected chi connectivity index (χ3v) is 11.1. The Balaban J connectivity index is 0.000000132. The minimum atomic E-state index is 0.482. The Hall–Kier alpha value is -2.89. The summed E-state index contributed by atoms with van der Waals surface area (Å²) in [6.45, 7) is 13.3. The average molecular weight is 654 g/mol. The Morgan fingerprint density at radius 3 is 1.89 bits per heavy atom. The van der Waals surface area contributed by atoms with E-state index in [0.717, 1.165) is 6.42 Å². The van der Waals surface area contributed by atoms with Crippen LogP contribution in [0.5, 0.6) is 0 Å². The molecule has 1 saturated carbocycles. The second kappa shape index (κ2) is 14.5. The van der Waals surface area contributed by atoms with Crippen LogP contribution in [-0.4, -0.2) is 3.21 Å². The molecule has 0 nitrogen and oxygen atoms in total. The van der Waals surface area contributed by atoms with Gasteiger partial charge in [0.15, 0.2) is 0 Å². The summed E-state index contributed by atoms with van der Waals surface area (Å²) in [5.74, 6) is 0.550. The molecule has 0 N–H and O–H groups in total. The van der Waals surface area contributed by atoms with Crippen LogP contribution < -0.4 is 0 Å². The third kappa shape index (κ3) is 7.66. The summed E-state index contributed by atoms with van der Waals surface area (Å²) in [5, 5.41) is 0. The quantitative estimate of drug-likeness (QED) is 0.170. The molecule has 1 atom stereocenters. The normalized spacial score (nSPS) is 17.4. The molecular weight excluding hydrogens is 608 g/mol. The standard InChI is InChI=1S/C17H17.C13H19.C13H10.Zr/c1-10-5-14-9-15-6-11(2)13(4)8-17(15)16(14)7-12(10)3;1-11-6-7-12(10-11)13(2)8-4-3-5-9-13;1-3-7-12(8-4-1)11-13-9-5-2-6-10-13;/h5,7-8H,9H2,1-4H3;7,10-11H,3-5,8-9H2,1-2H3;1-10H;/q2*-1;;+2. The monoisotopic (exact) mass is 652 g/mol. The third-order valence-electron chi connectivity index (χ3n) is 9.70. The van der Waals surface area contributed by atoms with E-state index in [1.54, 1.807) is 5.57 Å². The van der Waals surface area contributed by atoms with E-state index >= 15 is 0 Å². The van der Waals surface area contributed by atoms with Crippen molar-refractivity contribution < 1.29 is 24.2 Å². The fourth-order valence-electron chi connectivity index (χ4n) is 6.61. The van der Waals surface area contributed by atoms with Gasteiger partial charge in [-0.15, -0.1) is 11.1 Å². The van der Waals surface area contributed by atoms with Crippen LogP contribution in [0.15, 0.2) is 96.6 Å². The zero-order chi connectivity index (χ0) is 31.3. The Kier molecular flexibility index (Phi) is 10.7. The number of aryl methyl sites for hydroxylation is 4. The summed E-state index contributed by atoms with van der Waals surface area (Å²) in [7, 11) is 0. The van der Waals surface area contributed by atoms with Crippen LogP contribution in [0.3, 0.4) is 0 Å². The first-order valence-electron chi connectivity index (χ1n) is 16.3. The van der Waals surface area contributed by atoms with Crippen LogP contribution >= 0.6 is 0 Å². The van der Waals surface area contributed by atoms with Crippen molar-refractivity contribution in [2.45, 2.75) is 80.1 Å². The molecule has 3 aliphatic carbocycles. The summed E-state index contributed by atoms with van der Waals surface area (Å²) in [4.78, 5) is 0. The van der Waals surface area contributed by atoms with Gasteiger partial charge in [-0.2, -0.15) is 34.9 Å². The molecule has 3 aliphatic rings. The number of fused-ring (bicyclic) bond motifs is 3. The molecule has 7 rings (SSSR count). The number of rotatable bonds is 3. The molecule has 0 amide bonds. The van der Waals surface area contributed by atoms with E-state index in [1.807, 2.05) is 0 Å².